The Balaban J connectivity index is 0.000000188. The van der Waals surface area contributed by atoms with E-state index >= 15 is 4.39 Å². The summed E-state index contributed by atoms with van der Waals surface area (Å²) in [7, 11) is 3.54. The van der Waals surface area contributed by atoms with E-state index < -0.39 is 5.82 Å². The quantitative estimate of drug-likeness (QED) is 0.224. The van der Waals surface area contributed by atoms with Gasteiger partial charge in [0.1, 0.15) is 23.3 Å². The van der Waals surface area contributed by atoms with E-state index in [1.807, 2.05) is 37.4 Å². The molecule has 2 bridgehead atoms. The molecule has 3 aliphatic rings. The van der Waals surface area contributed by atoms with Crippen molar-refractivity contribution in [2.75, 3.05) is 45.2 Å². The lowest BCUT2D eigenvalue weighted by Crippen LogP contribution is -2.51. The van der Waals surface area contributed by atoms with Crippen LogP contribution in [0.3, 0.4) is 0 Å². The van der Waals surface area contributed by atoms with Gasteiger partial charge in [-0.25, -0.2) is 4.39 Å². The molecule has 10 nitrogen and oxygen atoms in total. The minimum Gasteiger partial charge on any atom is -0.467 e. The maximum atomic E-state index is 16.0. The molecule has 2 aromatic heterocycles. The molecule has 252 valence electrons. The van der Waals surface area contributed by atoms with Gasteiger partial charge < -0.3 is 25.2 Å². The number of benzene rings is 3. The fourth-order valence-corrected chi connectivity index (χ4v) is 7.36. The van der Waals surface area contributed by atoms with Crippen LogP contribution in [0.2, 0.25) is 5.02 Å². The van der Waals surface area contributed by atoms with Gasteiger partial charge in [-0.15, -0.1) is 0 Å². The summed E-state index contributed by atoms with van der Waals surface area (Å²) in [5, 5.41) is 9.42. The van der Waals surface area contributed by atoms with Gasteiger partial charge in [0.25, 0.3) is 5.91 Å². The zero-order chi connectivity index (χ0) is 34.1. The Morgan fingerprint density at radius 3 is 2.51 bits per heavy atom. The number of ether oxygens (including phenoxy) is 1. The highest BCUT2D eigenvalue weighted by atomic mass is 35.5. The first-order valence-electron chi connectivity index (χ1n) is 16.4. The zero-order valence-corrected chi connectivity index (χ0v) is 28.1. The van der Waals surface area contributed by atoms with Crippen molar-refractivity contribution in [2.45, 2.75) is 37.4 Å². The number of methoxy groups -OCH3 is 1. The number of halogens is 2. The fourth-order valence-electron chi connectivity index (χ4n) is 7.08. The van der Waals surface area contributed by atoms with Crippen molar-refractivity contribution in [2.24, 2.45) is 0 Å². The second-order valence-corrected chi connectivity index (χ2v) is 13.3. The van der Waals surface area contributed by atoms with Crippen molar-refractivity contribution in [3.05, 3.63) is 88.8 Å². The van der Waals surface area contributed by atoms with E-state index in [4.69, 9.17) is 16.3 Å². The number of carbonyl (C=O) groups excluding carboxylic acids is 2. The van der Waals surface area contributed by atoms with Crippen molar-refractivity contribution in [1.82, 2.24) is 30.5 Å². The van der Waals surface area contributed by atoms with Crippen molar-refractivity contribution >= 4 is 51.3 Å². The highest BCUT2D eigenvalue weighted by Gasteiger charge is 2.34. The van der Waals surface area contributed by atoms with Crippen LogP contribution in [-0.4, -0.2) is 90.5 Å². The lowest BCUT2D eigenvalue weighted by molar-refractivity contribution is 0.0938. The van der Waals surface area contributed by atoms with Gasteiger partial charge in [0.05, 0.1) is 12.5 Å². The van der Waals surface area contributed by atoms with Crippen molar-refractivity contribution in [1.29, 1.82) is 0 Å². The van der Waals surface area contributed by atoms with Crippen LogP contribution in [0.5, 0.6) is 6.01 Å². The van der Waals surface area contributed by atoms with Crippen LogP contribution >= 0.6 is 11.6 Å². The van der Waals surface area contributed by atoms with Gasteiger partial charge in [0.2, 0.25) is 0 Å². The normalized spacial score (nSPS) is 20.2. The van der Waals surface area contributed by atoms with Crippen molar-refractivity contribution in [3.63, 3.8) is 0 Å². The molecule has 12 heteroatoms. The van der Waals surface area contributed by atoms with Gasteiger partial charge in [-0.05, 0) is 56.4 Å². The van der Waals surface area contributed by atoms with Crippen LogP contribution < -0.4 is 20.3 Å². The molecule has 3 aromatic carbocycles. The molecule has 5 aromatic rings. The molecule has 8 rings (SSSR count). The van der Waals surface area contributed by atoms with Crippen LogP contribution in [-0.2, 0) is 0 Å². The Kier molecular flexibility index (Phi) is 9.40. The third kappa shape index (κ3) is 6.79. The van der Waals surface area contributed by atoms with Crippen molar-refractivity contribution in [3.8, 4) is 17.3 Å². The molecule has 0 saturated carbocycles. The molecule has 3 unspecified atom stereocenters. The van der Waals surface area contributed by atoms with Gasteiger partial charge >= 0.3 is 6.01 Å². The number of likely N-dealkylation sites (tertiary alicyclic amines) is 1. The number of piperazine rings is 1. The van der Waals surface area contributed by atoms with E-state index in [1.54, 1.807) is 36.5 Å². The van der Waals surface area contributed by atoms with Crippen LogP contribution in [0.1, 0.15) is 40.0 Å². The first-order valence-corrected chi connectivity index (χ1v) is 16.8. The van der Waals surface area contributed by atoms with Gasteiger partial charge in [-0.2, -0.15) is 9.97 Å². The number of pyridine rings is 1. The third-order valence-corrected chi connectivity index (χ3v) is 9.78. The number of anilines is 1. The molecule has 2 N–H and O–H groups in total. The first kappa shape index (κ1) is 32.8. The lowest BCUT2D eigenvalue weighted by atomic mass is 10.0. The van der Waals surface area contributed by atoms with E-state index in [0.717, 1.165) is 62.5 Å². The summed E-state index contributed by atoms with van der Waals surface area (Å²) in [5.74, 6) is 0.0585. The largest absolute Gasteiger partial charge is 0.467 e. The number of amides is 1. The van der Waals surface area contributed by atoms with E-state index in [9.17, 15) is 9.59 Å². The molecule has 49 heavy (non-hydrogen) atoms. The Morgan fingerprint density at radius 2 is 1.80 bits per heavy atom. The van der Waals surface area contributed by atoms with Gasteiger partial charge in [0.15, 0.2) is 5.82 Å². The number of rotatable bonds is 6. The number of likely N-dealkylation sites (N-methyl/N-ethyl adjacent to an activating group) is 1. The van der Waals surface area contributed by atoms with Crippen LogP contribution in [0.15, 0.2) is 66.9 Å². The standard InChI is InChI=1S/C24H21ClFN5O.C13H16N2O2/c1-32-24-29-22-17(23(30-24)31-11-14-8-9-15(12-31)28-14)10-27-21(20(22)26)16-6-2-4-13-5-3-7-18(25)19(13)16;1-15-6-5-12(8-15)14-13(17)11-4-2-3-10(7-11)9-16/h2-7,10,14-15,28H,8-9,11-12H2,1H3;2-4,7,9,12H,5-6,8H2,1H3,(H,14,17). The van der Waals surface area contributed by atoms with E-state index in [1.165, 1.54) is 7.11 Å². The number of carbonyl (C=O) groups is 2. The predicted octanol–water partition coefficient (Wildman–Crippen LogP) is 5.52. The summed E-state index contributed by atoms with van der Waals surface area (Å²) in [5.41, 5.74) is 2.12. The SMILES string of the molecule is CN1CCC(NC(=O)c2cccc(C=O)c2)C1.COc1nc(N2CC3CCC(C2)N3)c2cnc(-c3cccc4cccc(Cl)c34)c(F)c2n1. The number of aldehydes is 1. The molecule has 1 amide bonds. The maximum absolute atomic E-state index is 16.0. The lowest BCUT2D eigenvalue weighted by Gasteiger charge is -2.34. The molecule has 0 aliphatic carbocycles. The summed E-state index contributed by atoms with van der Waals surface area (Å²) in [6.45, 7) is 3.53. The van der Waals surface area contributed by atoms with E-state index in [-0.39, 0.29) is 29.2 Å². The molecule has 3 fully saturated rings. The highest BCUT2D eigenvalue weighted by Crippen LogP contribution is 2.38. The summed E-state index contributed by atoms with van der Waals surface area (Å²) in [4.78, 5) is 40.4. The number of hydrogen-bond donors (Lipinski definition) is 2. The average molecular weight is 682 g/mol. The Morgan fingerprint density at radius 1 is 1.04 bits per heavy atom. The van der Waals surface area contributed by atoms with E-state index in [2.05, 4.69) is 35.4 Å². The Labute approximate surface area is 288 Å². The third-order valence-electron chi connectivity index (χ3n) is 9.46. The fraction of sp³-hybridized carbons (Fsp3) is 0.324. The van der Waals surface area contributed by atoms with E-state index in [0.29, 0.717) is 45.0 Å². The molecule has 0 spiro atoms. The topological polar surface area (TPSA) is 113 Å². The van der Waals surface area contributed by atoms with Gasteiger partial charge in [-0.1, -0.05) is 54.1 Å². The number of nitrogens with zero attached hydrogens (tertiary/aromatic N) is 5. The number of fused-ring (bicyclic) bond motifs is 4. The summed E-state index contributed by atoms with van der Waals surface area (Å²) >= 11 is 6.48. The van der Waals surface area contributed by atoms with Gasteiger partial charge in [0, 0.05) is 71.1 Å². The van der Waals surface area contributed by atoms with Crippen molar-refractivity contribution < 1.29 is 18.7 Å². The zero-order valence-electron chi connectivity index (χ0n) is 27.3. The second kappa shape index (κ2) is 14.0. The summed E-state index contributed by atoms with van der Waals surface area (Å²) in [6.07, 6.45) is 5.68. The Hall–Kier alpha value is -4.71. The summed E-state index contributed by atoms with van der Waals surface area (Å²) < 4.78 is 21.3. The second-order valence-electron chi connectivity index (χ2n) is 12.9. The number of nitrogens with one attached hydrogen (secondary N) is 2. The monoisotopic (exact) mass is 681 g/mol. The minimum absolute atomic E-state index is 0.103. The average Bonchev–Trinajstić information content (AvgIpc) is 3.70. The molecular formula is C37H37ClFN7O3. The smallest absolute Gasteiger partial charge is 0.318 e. The van der Waals surface area contributed by atoms with Crippen LogP contribution in [0.25, 0.3) is 32.9 Å². The van der Waals surface area contributed by atoms with Crippen LogP contribution in [0, 0.1) is 5.82 Å². The molecule has 3 aliphatic heterocycles. The molecular weight excluding hydrogens is 645 g/mol. The first-order chi connectivity index (χ1) is 23.8. The number of aromatic nitrogens is 3. The highest BCUT2D eigenvalue weighted by molar-refractivity contribution is 6.36. The predicted molar refractivity (Wildman–Crippen MR) is 189 cm³/mol. The molecule has 3 atom stereocenters. The minimum atomic E-state index is -0.505. The Bertz CT molecular complexity index is 2030. The molecule has 3 saturated heterocycles. The summed E-state index contributed by atoms with van der Waals surface area (Å²) in [6, 6.07) is 19.2. The van der Waals surface area contributed by atoms with Gasteiger partial charge in [-0.3, -0.25) is 14.6 Å². The molecule has 0 radical (unpaired) electrons. The van der Waals surface area contributed by atoms with Crippen LogP contribution in [0.4, 0.5) is 10.2 Å². The number of hydrogen-bond acceptors (Lipinski definition) is 9. The maximum Gasteiger partial charge on any atom is 0.318 e. The molecule has 5 heterocycles.